The molecule has 9 heteroatoms. The zero-order chi connectivity index (χ0) is 16.6. The number of carbonyl (C=O) groups excluding carboxylic acids is 1. The van der Waals surface area contributed by atoms with Crippen molar-refractivity contribution in [3.8, 4) is 0 Å². The number of rotatable bonds is 2. The van der Waals surface area contributed by atoms with Crippen molar-refractivity contribution < 1.29 is 22.4 Å². The quantitative estimate of drug-likeness (QED) is 0.759. The molecule has 0 unspecified atom stereocenters. The topological polar surface area (TPSA) is 88.0 Å². The van der Waals surface area contributed by atoms with Gasteiger partial charge in [0.25, 0.3) is 5.91 Å². The molecule has 3 rings (SSSR count). The predicted molar refractivity (Wildman–Crippen MR) is 74.0 cm³/mol. The van der Waals surface area contributed by atoms with Gasteiger partial charge in [-0.2, -0.15) is 13.2 Å². The first-order valence-corrected chi connectivity index (χ1v) is 6.31. The van der Waals surface area contributed by atoms with Crippen molar-refractivity contribution in [1.29, 1.82) is 0 Å². The molecule has 0 atom stereocenters. The average molecular weight is 323 g/mol. The number of hydrogen-bond acceptors (Lipinski definition) is 4. The number of amides is 1. The average Bonchev–Trinajstić information content (AvgIpc) is 2.99. The third-order valence-electron chi connectivity index (χ3n) is 3.07. The minimum atomic E-state index is -4.91. The lowest BCUT2D eigenvalue weighted by atomic mass is 10.1. The molecule has 23 heavy (non-hydrogen) atoms. The van der Waals surface area contributed by atoms with Gasteiger partial charge < -0.3 is 9.40 Å². The van der Waals surface area contributed by atoms with E-state index in [9.17, 15) is 22.8 Å². The van der Waals surface area contributed by atoms with Crippen LogP contribution >= 0.6 is 0 Å². The van der Waals surface area contributed by atoms with Gasteiger partial charge in [-0.3, -0.25) is 14.9 Å². The normalized spacial score (nSPS) is 11.6. The lowest BCUT2D eigenvalue weighted by molar-refractivity contribution is -0.141. The van der Waals surface area contributed by atoms with Crippen LogP contribution in [0.15, 0.2) is 45.9 Å². The molecular formula is C14H8F3N3O3. The molecule has 2 heterocycles. The standard InChI is InChI=1S/C14H8F3N3O3/c15-14(16,17)11-9(12(22)20-13-18-5-6-23-13)10(21)7-3-1-2-4-8(7)19-11/h1-6H,(H,19,21)(H,18,20,22). The highest BCUT2D eigenvalue weighted by Gasteiger charge is 2.38. The monoisotopic (exact) mass is 323 g/mol. The van der Waals surface area contributed by atoms with Crippen molar-refractivity contribution in [3.63, 3.8) is 0 Å². The van der Waals surface area contributed by atoms with Gasteiger partial charge >= 0.3 is 12.2 Å². The van der Waals surface area contributed by atoms with Crippen LogP contribution in [0.2, 0.25) is 0 Å². The molecule has 0 bridgehead atoms. The zero-order valence-electron chi connectivity index (χ0n) is 11.3. The van der Waals surface area contributed by atoms with E-state index in [-0.39, 0.29) is 16.9 Å². The molecule has 0 saturated heterocycles. The maximum absolute atomic E-state index is 13.2. The Morgan fingerprint density at radius 3 is 2.65 bits per heavy atom. The number of aromatic amines is 1. The van der Waals surface area contributed by atoms with E-state index in [2.05, 4.69) is 9.97 Å². The fourth-order valence-electron chi connectivity index (χ4n) is 2.11. The van der Waals surface area contributed by atoms with Crippen molar-refractivity contribution in [2.75, 3.05) is 5.32 Å². The molecule has 0 aliphatic carbocycles. The molecule has 0 aliphatic rings. The first-order valence-electron chi connectivity index (χ1n) is 6.31. The van der Waals surface area contributed by atoms with E-state index in [1.807, 2.05) is 5.32 Å². The molecule has 118 valence electrons. The number of benzene rings is 1. The number of nitrogens with one attached hydrogen (secondary N) is 2. The Bertz CT molecular complexity index is 930. The summed E-state index contributed by atoms with van der Waals surface area (Å²) in [5.41, 5.74) is -3.52. The minimum absolute atomic E-state index is 0.0162. The van der Waals surface area contributed by atoms with Crippen LogP contribution in [0.1, 0.15) is 16.1 Å². The molecule has 0 radical (unpaired) electrons. The Morgan fingerprint density at radius 2 is 2.00 bits per heavy atom. The van der Waals surface area contributed by atoms with Crippen LogP contribution in [0, 0.1) is 0 Å². The maximum Gasteiger partial charge on any atom is 0.432 e. The van der Waals surface area contributed by atoms with Gasteiger partial charge in [-0.15, -0.1) is 0 Å². The van der Waals surface area contributed by atoms with Crippen molar-refractivity contribution in [3.05, 3.63) is 58.2 Å². The summed E-state index contributed by atoms with van der Waals surface area (Å²) in [7, 11) is 0. The first-order chi connectivity index (χ1) is 10.9. The van der Waals surface area contributed by atoms with Crippen LogP contribution in [0.4, 0.5) is 19.2 Å². The first kappa shape index (κ1) is 14.8. The summed E-state index contributed by atoms with van der Waals surface area (Å²) in [6.45, 7) is 0. The molecule has 1 aromatic carbocycles. The fraction of sp³-hybridized carbons (Fsp3) is 0.0714. The number of oxazole rings is 1. The molecule has 0 spiro atoms. The summed E-state index contributed by atoms with van der Waals surface area (Å²) in [4.78, 5) is 30.1. The molecule has 3 aromatic rings. The number of alkyl halides is 3. The highest BCUT2D eigenvalue weighted by atomic mass is 19.4. The summed E-state index contributed by atoms with van der Waals surface area (Å²) in [6, 6.07) is 5.31. The Hall–Kier alpha value is -3.10. The summed E-state index contributed by atoms with van der Waals surface area (Å²) < 4.78 is 44.4. The highest BCUT2D eigenvalue weighted by Crippen LogP contribution is 2.30. The molecule has 0 fully saturated rings. The van der Waals surface area contributed by atoms with Crippen LogP contribution in [-0.4, -0.2) is 15.9 Å². The largest absolute Gasteiger partial charge is 0.432 e. The molecule has 2 N–H and O–H groups in total. The number of nitrogens with zero attached hydrogens (tertiary/aromatic N) is 1. The third kappa shape index (κ3) is 2.68. The Kier molecular flexibility index (Phi) is 3.40. The molecule has 2 aromatic heterocycles. The van der Waals surface area contributed by atoms with Crippen LogP contribution in [0.3, 0.4) is 0 Å². The van der Waals surface area contributed by atoms with Crippen molar-refractivity contribution in [2.24, 2.45) is 0 Å². The molecular weight excluding hydrogens is 315 g/mol. The van der Waals surface area contributed by atoms with E-state index < -0.39 is 28.8 Å². The van der Waals surface area contributed by atoms with Crippen molar-refractivity contribution >= 4 is 22.8 Å². The SMILES string of the molecule is O=C(Nc1ncco1)c1c(C(F)(F)F)[nH]c2ccccc2c1=O. The van der Waals surface area contributed by atoms with Gasteiger partial charge in [0, 0.05) is 10.9 Å². The van der Waals surface area contributed by atoms with Crippen LogP contribution in [0.25, 0.3) is 10.9 Å². The molecule has 0 saturated carbocycles. The van der Waals surface area contributed by atoms with E-state index >= 15 is 0 Å². The lowest BCUT2D eigenvalue weighted by Gasteiger charge is -2.13. The van der Waals surface area contributed by atoms with Crippen LogP contribution in [-0.2, 0) is 6.18 Å². The predicted octanol–water partition coefficient (Wildman–Crippen LogP) is 2.79. The van der Waals surface area contributed by atoms with Gasteiger partial charge in [-0.05, 0) is 12.1 Å². The minimum Gasteiger partial charge on any atom is -0.432 e. The van der Waals surface area contributed by atoms with Gasteiger partial charge in [0.1, 0.15) is 17.5 Å². The third-order valence-corrected chi connectivity index (χ3v) is 3.07. The molecule has 1 amide bonds. The van der Waals surface area contributed by atoms with Gasteiger partial charge in [-0.25, -0.2) is 4.98 Å². The zero-order valence-corrected chi connectivity index (χ0v) is 11.3. The number of hydrogen-bond donors (Lipinski definition) is 2. The summed E-state index contributed by atoms with van der Waals surface area (Å²) in [6.07, 6.45) is -2.58. The second-order valence-corrected chi connectivity index (χ2v) is 4.54. The second-order valence-electron chi connectivity index (χ2n) is 4.54. The van der Waals surface area contributed by atoms with Gasteiger partial charge in [0.2, 0.25) is 5.43 Å². The van der Waals surface area contributed by atoms with E-state index in [0.29, 0.717) is 0 Å². The number of fused-ring (bicyclic) bond motifs is 1. The Morgan fingerprint density at radius 1 is 1.26 bits per heavy atom. The van der Waals surface area contributed by atoms with Crippen LogP contribution in [0.5, 0.6) is 0 Å². The number of aromatic nitrogens is 2. The fourth-order valence-corrected chi connectivity index (χ4v) is 2.11. The van der Waals surface area contributed by atoms with E-state index in [1.54, 1.807) is 0 Å². The van der Waals surface area contributed by atoms with Crippen LogP contribution < -0.4 is 10.7 Å². The van der Waals surface area contributed by atoms with Gasteiger partial charge in [0.15, 0.2) is 0 Å². The maximum atomic E-state index is 13.2. The number of carbonyl (C=O) groups is 1. The van der Waals surface area contributed by atoms with Crippen molar-refractivity contribution in [1.82, 2.24) is 9.97 Å². The molecule has 0 aliphatic heterocycles. The molecule has 6 nitrogen and oxygen atoms in total. The number of anilines is 1. The Balaban J connectivity index is 2.23. The summed E-state index contributed by atoms with van der Waals surface area (Å²) in [5.74, 6) is -1.26. The van der Waals surface area contributed by atoms with Gasteiger partial charge in [0.05, 0.1) is 6.20 Å². The van der Waals surface area contributed by atoms with E-state index in [4.69, 9.17) is 4.42 Å². The highest BCUT2D eigenvalue weighted by molar-refractivity contribution is 6.05. The summed E-state index contributed by atoms with van der Waals surface area (Å²) in [5, 5.41) is 1.99. The Labute approximate surface area is 126 Å². The summed E-state index contributed by atoms with van der Waals surface area (Å²) >= 11 is 0. The number of pyridine rings is 1. The second kappa shape index (κ2) is 5.27. The lowest BCUT2D eigenvalue weighted by Crippen LogP contribution is -2.28. The van der Waals surface area contributed by atoms with Gasteiger partial charge in [-0.1, -0.05) is 12.1 Å². The number of H-pyrrole nitrogens is 1. The van der Waals surface area contributed by atoms with E-state index in [1.165, 1.54) is 30.5 Å². The smallest absolute Gasteiger partial charge is 0.432 e. The van der Waals surface area contributed by atoms with E-state index in [0.717, 1.165) is 6.26 Å². The van der Waals surface area contributed by atoms with Crippen molar-refractivity contribution in [2.45, 2.75) is 6.18 Å². The number of para-hydroxylation sites is 1. The number of halogens is 3.